The van der Waals surface area contributed by atoms with Crippen molar-refractivity contribution in [2.75, 3.05) is 13.1 Å². The summed E-state index contributed by atoms with van der Waals surface area (Å²) in [6.45, 7) is 1.40. The van der Waals surface area contributed by atoms with Gasteiger partial charge >= 0.3 is 0 Å². The number of hydrogen-bond acceptors (Lipinski definition) is 2. The molecule has 0 saturated carbocycles. The largest absolute Gasteiger partial charge is 0.356 e. The van der Waals surface area contributed by atoms with Crippen LogP contribution in [0.4, 0.5) is 0 Å². The third-order valence-electron chi connectivity index (χ3n) is 1.40. The first-order chi connectivity index (χ1) is 3.83. The van der Waals surface area contributed by atoms with Crippen molar-refractivity contribution in [2.45, 2.75) is 6.42 Å². The Bertz CT molecular complexity index is 103. The fraction of sp³-hybridized carbons (Fsp3) is 0.800. The summed E-state index contributed by atoms with van der Waals surface area (Å²) in [6, 6.07) is 0. The van der Waals surface area contributed by atoms with Crippen molar-refractivity contribution in [1.29, 1.82) is 0 Å². The van der Waals surface area contributed by atoms with Crippen LogP contribution in [0.3, 0.4) is 0 Å². The van der Waals surface area contributed by atoms with Crippen LogP contribution in [-0.4, -0.2) is 19.0 Å². The van der Waals surface area contributed by atoms with Crippen molar-refractivity contribution >= 4 is 5.91 Å². The van der Waals surface area contributed by atoms with Gasteiger partial charge in [-0.15, -0.1) is 0 Å². The highest BCUT2D eigenvalue weighted by Crippen LogP contribution is 2.04. The van der Waals surface area contributed by atoms with E-state index in [0.717, 1.165) is 6.54 Å². The van der Waals surface area contributed by atoms with Crippen LogP contribution in [0.1, 0.15) is 6.42 Å². The SMILES string of the molecule is NC[C@@H]1CNC(=O)C1. The van der Waals surface area contributed by atoms with E-state index in [2.05, 4.69) is 5.32 Å². The Kier molecular flexibility index (Phi) is 1.48. The smallest absolute Gasteiger partial charge is 0.220 e. The fourth-order valence-electron chi connectivity index (χ4n) is 0.831. The fourth-order valence-corrected chi connectivity index (χ4v) is 0.831. The number of nitrogens with two attached hydrogens (primary N) is 1. The Morgan fingerprint density at radius 2 is 2.62 bits per heavy atom. The summed E-state index contributed by atoms with van der Waals surface area (Å²) in [5.41, 5.74) is 5.30. The lowest BCUT2D eigenvalue weighted by Gasteiger charge is -1.97. The molecule has 1 aliphatic rings. The molecule has 3 heteroatoms. The second kappa shape index (κ2) is 2.13. The highest BCUT2D eigenvalue weighted by atomic mass is 16.1. The van der Waals surface area contributed by atoms with Crippen molar-refractivity contribution in [1.82, 2.24) is 5.32 Å². The maximum absolute atomic E-state index is 10.4. The summed E-state index contributed by atoms with van der Waals surface area (Å²) in [4.78, 5) is 10.4. The van der Waals surface area contributed by atoms with E-state index in [1.54, 1.807) is 0 Å². The standard InChI is InChI=1S/C5H10N2O/c6-2-4-1-5(8)7-3-4/h4H,1-3,6H2,(H,7,8)/t4-/m1/s1. The molecule has 3 N–H and O–H groups in total. The molecule has 0 spiro atoms. The van der Waals surface area contributed by atoms with E-state index >= 15 is 0 Å². The van der Waals surface area contributed by atoms with E-state index in [4.69, 9.17) is 5.73 Å². The zero-order valence-electron chi connectivity index (χ0n) is 4.68. The maximum Gasteiger partial charge on any atom is 0.220 e. The predicted octanol–water partition coefficient (Wildman–Crippen LogP) is -0.919. The molecular weight excluding hydrogens is 104 g/mol. The normalized spacial score (nSPS) is 28.1. The topological polar surface area (TPSA) is 55.1 Å². The van der Waals surface area contributed by atoms with Gasteiger partial charge in [0.1, 0.15) is 0 Å². The van der Waals surface area contributed by atoms with Crippen LogP contribution in [-0.2, 0) is 4.79 Å². The number of amides is 1. The second-order valence-corrected chi connectivity index (χ2v) is 2.11. The van der Waals surface area contributed by atoms with Crippen LogP contribution in [0.15, 0.2) is 0 Å². The molecule has 1 rings (SSSR count). The Hall–Kier alpha value is -0.570. The van der Waals surface area contributed by atoms with Crippen molar-refractivity contribution < 1.29 is 4.79 Å². The number of carbonyl (C=O) groups excluding carboxylic acids is 1. The molecule has 0 aromatic rings. The Labute approximate surface area is 48.2 Å². The number of nitrogens with one attached hydrogen (secondary N) is 1. The number of carbonyl (C=O) groups is 1. The molecule has 0 radical (unpaired) electrons. The Balaban J connectivity index is 2.32. The molecule has 0 aliphatic carbocycles. The number of hydrogen-bond donors (Lipinski definition) is 2. The van der Waals surface area contributed by atoms with Gasteiger partial charge in [-0.1, -0.05) is 0 Å². The minimum atomic E-state index is 0.139. The van der Waals surface area contributed by atoms with Gasteiger partial charge in [-0.3, -0.25) is 4.79 Å². The van der Waals surface area contributed by atoms with Gasteiger partial charge in [-0.05, 0) is 12.5 Å². The molecular formula is C5H10N2O. The van der Waals surface area contributed by atoms with Crippen LogP contribution >= 0.6 is 0 Å². The molecule has 1 atom stereocenters. The van der Waals surface area contributed by atoms with Gasteiger partial charge < -0.3 is 11.1 Å². The van der Waals surface area contributed by atoms with E-state index in [9.17, 15) is 4.79 Å². The van der Waals surface area contributed by atoms with Crippen molar-refractivity contribution in [3.8, 4) is 0 Å². The van der Waals surface area contributed by atoms with Crippen molar-refractivity contribution in [2.24, 2.45) is 11.7 Å². The van der Waals surface area contributed by atoms with E-state index in [1.807, 2.05) is 0 Å². The minimum absolute atomic E-state index is 0.139. The molecule has 1 saturated heterocycles. The molecule has 1 amide bonds. The average molecular weight is 114 g/mol. The summed E-state index contributed by atoms with van der Waals surface area (Å²) in [6.07, 6.45) is 0.622. The van der Waals surface area contributed by atoms with Crippen LogP contribution in [0.25, 0.3) is 0 Å². The van der Waals surface area contributed by atoms with Gasteiger partial charge in [0.05, 0.1) is 0 Å². The van der Waals surface area contributed by atoms with Crippen molar-refractivity contribution in [3.63, 3.8) is 0 Å². The van der Waals surface area contributed by atoms with Gasteiger partial charge in [0, 0.05) is 13.0 Å². The van der Waals surface area contributed by atoms with E-state index in [0.29, 0.717) is 18.9 Å². The lowest BCUT2D eigenvalue weighted by molar-refractivity contribution is -0.119. The van der Waals surface area contributed by atoms with E-state index in [1.165, 1.54) is 0 Å². The molecule has 1 heterocycles. The minimum Gasteiger partial charge on any atom is -0.356 e. The molecule has 1 aliphatic heterocycles. The first-order valence-corrected chi connectivity index (χ1v) is 2.79. The monoisotopic (exact) mass is 114 g/mol. The zero-order valence-corrected chi connectivity index (χ0v) is 4.68. The number of rotatable bonds is 1. The summed E-state index contributed by atoms with van der Waals surface area (Å²) < 4.78 is 0. The molecule has 3 nitrogen and oxygen atoms in total. The third kappa shape index (κ3) is 0.980. The molecule has 46 valence electrons. The molecule has 0 aromatic carbocycles. The van der Waals surface area contributed by atoms with E-state index in [-0.39, 0.29) is 5.91 Å². The third-order valence-corrected chi connectivity index (χ3v) is 1.40. The first-order valence-electron chi connectivity index (χ1n) is 2.79. The first kappa shape index (κ1) is 5.56. The molecule has 8 heavy (non-hydrogen) atoms. The summed E-state index contributed by atoms with van der Waals surface area (Å²) in [7, 11) is 0. The van der Waals surface area contributed by atoms with Crippen LogP contribution in [0.2, 0.25) is 0 Å². The predicted molar refractivity (Wildman–Crippen MR) is 30.2 cm³/mol. The molecule has 0 bridgehead atoms. The lowest BCUT2D eigenvalue weighted by Crippen LogP contribution is -2.17. The molecule has 0 aromatic heterocycles. The summed E-state index contributed by atoms with van der Waals surface area (Å²) in [5.74, 6) is 0.531. The van der Waals surface area contributed by atoms with Crippen LogP contribution < -0.4 is 11.1 Å². The van der Waals surface area contributed by atoms with E-state index < -0.39 is 0 Å². The molecule has 0 unspecified atom stereocenters. The van der Waals surface area contributed by atoms with Crippen molar-refractivity contribution in [3.05, 3.63) is 0 Å². The summed E-state index contributed by atoms with van der Waals surface area (Å²) in [5, 5.41) is 2.70. The Morgan fingerprint density at radius 1 is 1.88 bits per heavy atom. The average Bonchev–Trinajstić information content (AvgIpc) is 2.14. The van der Waals surface area contributed by atoms with Gasteiger partial charge in [-0.2, -0.15) is 0 Å². The van der Waals surface area contributed by atoms with Crippen LogP contribution in [0, 0.1) is 5.92 Å². The lowest BCUT2D eigenvalue weighted by atomic mass is 10.1. The molecule has 1 fully saturated rings. The van der Waals surface area contributed by atoms with Gasteiger partial charge in [0.25, 0.3) is 0 Å². The maximum atomic E-state index is 10.4. The van der Waals surface area contributed by atoms with Gasteiger partial charge in [0.2, 0.25) is 5.91 Å². The summed E-state index contributed by atoms with van der Waals surface area (Å²) >= 11 is 0. The quantitative estimate of drug-likeness (QED) is 0.463. The highest BCUT2D eigenvalue weighted by molar-refractivity contribution is 5.78. The zero-order chi connectivity index (χ0) is 5.98. The second-order valence-electron chi connectivity index (χ2n) is 2.11. The van der Waals surface area contributed by atoms with Gasteiger partial charge in [-0.25, -0.2) is 0 Å². The Morgan fingerprint density at radius 3 is 2.88 bits per heavy atom. The van der Waals surface area contributed by atoms with Crippen LogP contribution in [0.5, 0.6) is 0 Å². The highest BCUT2D eigenvalue weighted by Gasteiger charge is 2.18. The van der Waals surface area contributed by atoms with Gasteiger partial charge in [0.15, 0.2) is 0 Å².